The lowest BCUT2D eigenvalue weighted by atomic mass is 9.88. The van der Waals surface area contributed by atoms with Gasteiger partial charge in [0.1, 0.15) is 11.7 Å². The van der Waals surface area contributed by atoms with Gasteiger partial charge in [0.15, 0.2) is 0 Å². The predicted molar refractivity (Wildman–Crippen MR) is 149 cm³/mol. The largest absolute Gasteiger partial charge is 0.425 e. The zero-order valence-corrected chi connectivity index (χ0v) is 23.0. The van der Waals surface area contributed by atoms with E-state index in [0.29, 0.717) is 11.4 Å². The number of hydrogen-bond acceptors (Lipinski definition) is 3. The maximum absolute atomic E-state index is 13.1. The zero-order valence-electron chi connectivity index (χ0n) is 23.0. The van der Waals surface area contributed by atoms with Crippen LogP contribution in [-0.4, -0.2) is 11.9 Å². The average molecular weight is 492 g/mol. The van der Waals surface area contributed by atoms with Crippen LogP contribution in [0.3, 0.4) is 0 Å². The third-order valence-corrected chi connectivity index (χ3v) is 7.06. The molecule has 1 aliphatic heterocycles. The van der Waals surface area contributed by atoms with Crippen LogP contribution in [-0.2, 0) is 22.4 Å². The van der Waals surface area contributed by atoms with Crippen molar-refractivity contribution in [2.45, 2.75) is 105 Å². The van der Waals surface area contributed by atoms with Gasteiger partial charge in [-0.3, -0.25) is 9.59 Å². The second kappa shape index (κ2) is 13.6. The molecule has 36 heavy (non-hydrogen) atoms. The molecule has 0 saturated heterocycles. The maximum atomic E-state index is 13.1. The lowest BCUT2D eigenvalue weighted by Gasteiger charge is -2.17. The van der Waals surface area contributed by atoms with E-state index in [0.717, 1.165) is 48.6 Å². The molecular weight excluding hydrogens is 446 g/mol. The van der Waals surface area contributed by atoms with Gasteiger partial charge in [0.25, 0.3) is 0 Å². The number of nitrogens with one attached hydrogen (secondary N) is 1. The third kappa shape index (κ3) is 8.21. The van der Waals surface area contributed by atoms with E-state index < -0.39 is 5.92 Å². The molecule has 0 bridgehead atoms. The Morgan fingerprint density at radius 2 is 1.36 bits per heavy atom. The quantitative estimate of drug-likeness (QED) is 0.164. The van der Waals surface area contributed by atoms with Gasteiger partial charge in [-0.2, -0.15) is 0 Å². The monoisotopic (exact) mass is 491 g/mol. The van der Waals surface area contributed by atoms with Crippen molar-refractivity contribution in [3.63, 3.8) is 0 Å². The number of aryl methyl sites for hydroxylation is 2. The van der Waals surface area contributed by atoms with Gasteiger partial charge >= 0.3 is 5.97 Å². The summed E-state index contributed by atoms with van der Waals surface area (Å²) in [6, 6.07) is 12.3. The Kier molecular flexibility index (Phi) is 10.6. The first-order chi connectivity index (χ1) is 17.2. The van der Waals surface area contributed by atoms with Crippen molar-refractivity contribution >= 4 is 17.6 Å². The Hall–Kier alpha value is -2.62. The van der Waals surface area contributed by atoms with Crippen molar-refractivity contribution in [2.75, 3.05) is 5.32 Å². The molecule has 0 aliphatic carbocycles. The van der Waals surface area contributed by atoms with Crippen molar-refractivity contribution < 1.29 is 14.3 Å². The van der Waals surface area contributed by atoms with E-state index in [1.165, 1.54) is 56.6 Å². The predicted octanol–water partition coefficient (Wildman–Crippen LogP) is 8.21. The fraction of sp³-hybridized carbons (Fsp3) is 0.562. The molecule has 2 aromatic rings. The Balaban J connectivity index is 1.78. The number of anilines is 1. The molecule has 2 aromatic carbocycles. The number of hydrogen-bond donors (Lipinski definition) is 1. The molecule has 4 heteroatoms. The SMILES string of the molecule is CC(=O)Nc1ccc(CCCCCC(C)C)cc1C1C(=O)Oc2ccc(CCCCCC(C)C)cc21. The van der Waals surface area contributed by atoms with Crippen molar-refractivity contribution in [3.8, 4) is 5.75 Å². The number of carbonyl (C=O) groups excluding carboxylic acids is 2. The van der Waals surface area contributed by atoms with Gasteiger partial charge in [0, 0.05) is 18.2 Å². The highest BCUT2D eigenvalue weighted by atomic mass is 16.5. The first-order valence-corrected chi connectivity index (χ1v) is 14.0. The molecule has 0 radical (unpaired) electrons. The third-order valence-electron chi connectivity index (χ3n) is 7.06. The lowest BCUT2D eigenvalue weighted by molar-refractivity contribution is -0.133. The normalized spacial score (nSPS) is 14.9. The van der Waals surface area contributed by atoms with Gasteiger partial charge < -0.3 is 10.1 Å². The van der Waals surface area contributed by atoms with E-state index in [4.69, 9.17) is 4.74 Å². The fourth-order valence-corrected chi connectivity index (χ4v) is 5.09. The van der Waals surface area contributed by atoms with Crippen molar-refractivity contribution in [2.24, 2.45) is 11.8 Å². The molecule has 196 valence electrons. The highest BCUT2D eigenvalue weighted by molar-refractivity contribution is 5.95. The second-order valence-electron chi connectivity index (χ2n) is 11.3. The second-order valence-corrected chi connectivity index (χ2v) is 11.3. The molecule has 1 amide bonds. The fourth-order valence-electron chi connectivity index (χ4n) is 5.09. The molecule has 0 spiro atoms. The van der Waals surface area contributed by atoms with E-state index in [-0.39, 0.29) is 11.9 Å². The topological polar surface area (TPSA) is 55.4 Å². The number of unbranched alkanes of at least 4 members (excludes halogenated alkanes) is 4. The highest BCUT2D eigenvalue weighted by Crippen LogP contribution is 2.42. The summed E-state index contributed by atoms with van der Waals surface area (Å²) in [7, 11) is 0. The van der Waals surface area contributed by atoms with Crippen LogP contribution in [0.25, 0.3) is 0 Å². The summed E-state index contributed by atoms with van der Waals surface area (Å²) in [5.41, 5.74) is 4.89. The van der Waals surface area contributed by atoms with Gasteiger partial charge in [-0.1, -0.05) is 90.5 Å². The number of benzene rings is 2. The Morgan fingerprint density at radius 3 is 1.92 bits per heavy atom. The summed E-state index contributed by atoms with van der Waals surface area (Å²) < 4.78 is 5.68. The van der Waals surface area contributed by atoms with Gasteiger partial charge in [0.2, 0.25) is 5.91 Å². The molecule has 0 saturated carbocycles. The van der Waals surface area contributed by atoms with Crippen LogP contribution in [0.5, 0.6) is 5.75 Å². The Bertz CT molecular complexity index is 1020. The van der Waals surface area contributed by atoms with E-state index in [2.05, 4.69) is 57.3 Å². The summed E-state index contributed by atoms with van der Waals surface area (Å²) >= 11 is 0. The first kappa shape index (κ1) is 28.0. The number of rotatable bonds is 14. The molecular formula is C32H45NO3. The van der Waals surface area contributed by atoms with E-state index >= 15 is 0 Å². The van der Waals surface area contributed by atoms with Crippen LogP contribution in [0.1, 0.15) is 114 Å². The Labute approximate surface area is 218 Å². The van der Waals surface area contributed by atoms with Crippen molar-refractivity contribution in [1.82, 2.24) is 0 Å². The smallest absolute Gasteiger partial charge is 0.323 e. The molecule has 3 rings (SSSR count). The number of ether oxygens (including phenoxy) is 1. The van der Waals surface area contributed by atoms with Crippen LogP contribution in [0.2, 0.25) is 0 Å². The van der Waals surface area contributed by atoms with Gasteiger partial charge in [-0.25, -0.2) is 0 Å². The number of carbonyl (C=O) groups is 2. The minimum Gasteiger partial charge on any atom is -0.425 e. The van der Waals surface area contributed by atoms with Crippen LogP contribution in [0.4, 0.5) is 5.69 Å². The van der Waals surface area contributed by atoms with Gasteiger partial charge in [-0.15, -0.1) is 0 Å². The van der Waals surface area contributed by atoms with E-state index in [1.807, 2.05) is 12.1 Å². The number of esters is 1. The highest BCUT2D eigenvalue weighted by Gasteiger charge is 2.36. The summed E-state index contributed by atoms with van der Waals surface area (Å²) in [6.07, 6.45) is 11.7. The molecule has 1 atom stereocenters. The number of amides is 1. The molecule has 1 aliphatic rings. The molecule has 1 unspecified atom stereocenters. The van der Waals surface area contributed by atoms with Gasteiger partial charge in [0.05, 0.1) is 0 Å². The van der Waals surface area contributed by atoms with Crippen LogP contribution in [0, 0.1) is 11.8 Å². The standard InChI is InChI=1S/C32H45NO3/c1-22(2)12-8-6-10-14-25-16-18-29(33-24(5)34)27(20-25)31-28-21-26(15-11-7-9-13-23(3)4)17-19-30(28)36-32(31)35/h16-23,31H,6-15H2,1-5H3,(H,33,34). The minimum absolute atomic E-state index is 0.139. The molecule has 4 nitrogen and oxygen atoms in total. The molecule has 1 N–H and O–H groups in total. The summed E-state index contributed by atoms with van der Waals surface area (Å²) in [5.74, 6) is 1.22. The summed E-state index contributed by atoms with van der Waals surface area (Å²) in [4.78, 5) is 25.0. The van der Waals surface area contributed by atoms with Crippen molar-refractivity contribution in [1.29, 1.82) is 0 Å². The summed E-state index contributed by atoms with van der Waals surface area (Å²) in [6.45, 7) is 10.6. The van der Waals surface area contributed by atoms with Crippen LogP contribution < -0.4 is 10.1 Å². The first-order valence-electron chi connectivity index (χ1n) is 14.0. The Morgan fingerprint density at radius 1 is 0.806 bits per heavy atom. The lowest BCUT2D eigenvalue weighted by Crippen LogP contribution is -2.16. The summed E-state index contributed by atoms with van der Waals surface area (Å²) in [5, 5.41) is 2.94. The molecule has 0 aromatic heterocycles. The van der Waals surface area contributed by atoms with E-state index in [1.54, 1.807) is 0 Å². The van der Waals surface area contributed by atoms with E-state index in [9.17, 15) is 9.59 Å². The maximum Gasteiger partial charge on any atom is 0.323 e. The average Bonchev–Trinajstić information content (AvgIpc) is 3.13. The molecule has 0 fully saturated rings. The van der Waals surface area contributed by atoms with Crippen molar-refractivity contribution in [3.05, 3.63) is 58.7 Å². The zero-order chi connectivity index (χ0) is 26.1. The van der Waals surface area contributed by atoms with Crippen LogP contribution >= 0.6 is 0 Å². The minimum atomic E-state index is -0.511. The molecule has 1 heterocycles. The van der Waals surface area contributed by atoms with Crippen LogP contribution in [0.15, 0.2) is 36.4 Å². The van der Waals surface area contributed by atoms with Gasteiger partial charge in [-0.05, 0) is 66.3 Å². The number of fused-ring (bicyclic) bond motifs is 1.